The van der Waals surface area contributed by atoms with E-state index in [2.05, 4.69) is 10.4 Å². The molecule has 2 rings (SSSR count). The van der Waals surface area contributed by atoms with Crippen LogP contribution in [0.15, 0.2) is 12.4 Å². The molecule has 0 bridgehead atoms. The summed E-state index contributed by atoms with van der Waals surface area (Å²) in [6.45, 7) is 2.70. The van der Waals surface area contributed by atoms with E-state index in [1.165, 1.54) is 0 Å². The quantitative estimate of drug-likeness (QED) is 0.779. The molecule has 0 radical (unpaired) electrons. The maximum atomic E-state index is 11.9. The summed E-state index contributed by atoms with van der Waals surface area (Å²) in [5.74, 6) is -0.150. The molecule has 1 fully saturated rings. The van der Waals surface area contributed by atoms with Gasteiger partial charge < -0.3 is 15.8 Å². The molecule has 1 heterocycles. The number of nitrogens with two attached hydrogens (primary N) is 1. The Morgan fingerprint density at radius 2 is 2.44 bits per heavy atom. The van der Waals surface area contributed by atoms with Crippen LogP contribution in [0.1, 0.15) is 31.4 Å². The molecule has 1 aliphatic rings. The monoisotopic (exact) mass is 252 g/mol. The highest BCUT2D eigenvalue weighted by atomic mass is 16.5. The molecule has 0 saturated heterocycles. The van der Waals surface area contributed by atoms with Crippen LogP contribution in [-0.2, 0) is 16.6 Å². The predicted molar refractivity (Wildman–Crippen MR) is 66.7 cm³/mol. The first-order valence-corrected chi connectivity index (χ1v) is 6.26. The third-order valence-corrected chi connectivity index (χ3v) is 3.21. The zero-order chi connectivity index (χ0) is 13.1. The minimum Gasteiger partial charge on any atom is -0.378 e. The van der Waals surface area contributed by atoms with Gasteiger partial charge in [0.15, 0.2) is 0 Å². The summed E-state index contributed by atoms with van der Waals surface area (Å²) in [5, 5.41) is 6.94. The highest BCUT2D eigenvalue weighted by Gasteiger charge is 2.32. The molecule has 3 N–H and O–H groups in total. The van der Waals surface area contributed by atoms with Gasteiger partial charge >= 0.3 is 0 Å². The number of hydrogen-bond donors (Lipinski definition) is 2. The van der Waals surface area contributed by atoms with Gasteiger partial charge in [-0.15, -0.1) is 0 Å². The molecule has 1 amide bonds. The van der Waals surface area contributed by atoms with Gasteiger partial charge in [0.2, 0.25) is 5.91 Å². The van der Waals surface area contributed by atoms with Crippen molar-refractivity contribution in [1.82, 2.24) is 15.1 Å². The van der Waals surface area contributed by atoms with Crippen molar-refractivity contribution in [3.8, 4) is 0 Å². The third-order valence-electron chi connectivity index (χ3n) is 3.21. The van der Waals surface area contributed by atoms with Gasteiger partial charge in [-0.3, -0.25) is 9.48 Å². The van der Waals surface area contributed by atoms with Crippen LogP contribution in [0.3, 0.4) is 0 Å². The third kappa shape index (κ3) is 2.88. The lowest BCUT2D eigenvalue weighted by atomic mass is 9.89. The molecular weight excluding hydrogens is 232 g/mol. The van der Waals surface area contributed by atoms with Crippen molar-refractivity contribution in [3.63, 3.8) is 0 Å². The van der Waals surface area contributed by atoms with Crippen molar-refractivity contribution in [2.75, 3.05) is 6.61 Å². The van der Waals surface area contributed by atoms with Crippen LogP contribution in [-0.4, -0.2) is 34.4 Å². The second kappa shape index (κ2) is 5.49. The van der Waals surface area contributed by atoms with Gasteiger partial charge in [-0.2, -0.15) is 5.10 Å². The lowest BCUT2D eigenvalue weighted by Gasteiger charge is -2.35. The number of amides is 1. The van der Waals surface area contributed by atoms with Crippen LogP contribution >= 0.6 is 0 Å². The molecule has 0 spiro atoms. The summed E-state index contributed by atoms with van der Waals surface area (Å²) < 4.78 is 7.08. The smallest absolute Gasteiger partial charge is 0.241 e. The number of aryl methyl sites for hydroxylation is 1. The maximum absolute atomic E-state index is 11.9. The average molecular weight is 252 g/mol. The van der Waals surface area contributed by atoms with E-state index in [9.17, 15) is 4.79 Å². The van der Waals surface area contributed by atoms with Gasteiger partial charge in [0.1, 0.15) is 6.04 Å². The standard InChI is InChI=1S/C12H20N4O2/c1-3-18-10-4-9(5-10)15-12(17)11(13)8-6-14-16(2)7-8/h6-7,9-11H,3-5,13H2,1-2H3,(H,15,17). The number of carbonyl (C=O) groups excluding carboxylic acids is 1. The van der Waals surface area contributed by atoms with Crippen LogP contribution in [0.2, 0.25) is 0 Å². The fourth-order valence-corrected chi connectivity index (χ4v) is 2.10. The fourth-order valence-electron chi connectivity index (χ4n) is 2.10. The maximum Gasteiger partial charge on any atom is 0.241 e. The predicted octanol–water partition coefficient (Wildman–Crippen LogP) is 0.104. The number of nitrogens with zero attached hydrogens (tertiary/aromatic N) is 2. The lowest BCUT2D eigenvalue weighted by Crippen LogP contribution is -2.50. The van der Waals surface area contributed by atoms with Gasteiger partial charge in [0.05, 0.1) is 12.3 Å². The summed E-state index contributed by atoms with van der Waals surface area (Å²) in [5.41, 5.74) is 6.61. The highest BCUT2D eigenvalue weighted by molar-refractivity contribution is 5.83. The summed E-state index contributed by atoms with van der Waals surface area (Å²) in [7, 11) is 1.80. The van der Waals surface area contributed by atoms with Crippen molar-refractivity contribution in [2.24, 2.45) is 12.8 Å². The Morgan fingerprint density at radius 3 is 3.00 bits per heavy atom. The molecule has 6 heteroatoms. The summed E-state index contributed by atoms with van der Waals surface area (Å²) in [6, 6.07) is -0.457. The second-order valence-electron chi connectivity index (χ2n) is 4.68. The van der Waals surface area contributed by atoms with Crippen LogP contribution < -0.4 is 11.1 Å². The van der Waals surface area contributed by atoms with E-state index in [4.69, 9.17) is 10.5 Å². The minimum absolute atomic E-state index is 0.150. The normalized spacial score (nSPS) is 24.4. The van der Waals surface area contributed by atoms with Gasteiger partial charge in [-0.25, -0.2) is 0 Å². The van der Waals surface area contributed by atoms with E-state index in [1.807, 2.05) is 6.92 Å². The number of carbonyl (C=O) groups is 1. The molecule has 1 saturated carbocycles. The SMILES string of the molecule is CCOC1CC(NC(=O)C(N)c2cnn(C)c2)C1. The molecule has 1 aliphatic carbocycles. The first-order chi connectivity index (χ1) is 8.60. The van der Waals surface area contributed by atoms with Crippen molar-refractivity contribution >= 4 is 5.91 Å². The number of rotatable bonds is 5. The summed E-state index contributed by atoms with van der Waals surface area (Å²) >= 11 is 0. The number of ether oxygens (including phenoxy) is 1. The topological polar surface area (TPSA) is 82.2 Å². The van der Waals surface area contributed by atoms with Crippen LogP contribution in [0.5, 0.6) is 0 Å². The van der Waals surface area contributed by atoms with Crippen molar-refractivity contribution < 1.29 is 9.53 Å². The molecule has 1 atom stereocenters. The Bertz CT molecular complexity index is 412. The van der Waals surface area contributed by atoms with E-state index < -0.39 is 6.04 Å². The van der Waals surface area contributed by atoms with Crippen molar-refractivity contribution in [3.05, 3.63) is 18.0 Å². The fraction of sp³-hybridized carbons (Fsp3) is 0.667. The molecule has 0 aliphatic heterocycles. The number of hydrogen-bond acceptors (Lipinski definition) is 4. The molecule has 1 aromatic rings. The first-order valence-electron chi connectivity index (χ1n) is 6.26. The van der Waals surface area contributed by atoms with E-state index in [1.54, 1.807) is 24.1 Å². The average Bonchev–Trinajstić information content (AvgIpc) is 2.72. The van der Waals surface area contributed by atoms with Crippen LogP contribution in [0, 0.1) is 0 Å². The Morgan fingerprint density at radius 1 is 1.72 bits per heavy atom. The van der Waals surface area contributed by atoms with Gasteiger partial charge in [0, 0.05) is 31.5 Å². The molecule has 0 aromatic carbocycles. The number of nitrogens with one attached hydrogen (secondary N) is 1. The Kier molecular flexibility index (Phi) is 3.98. The molecule has 6 nitrogen and oxygen atoms in total. The Balaban J connectivity index is 1.79. The van der Waals surface area contributed by atoms with Crippen molar-refractivity contribution in [1.29, 1.82) is 0 Å². The minimum atomic E-state index is -0.648. The van der Waals surface area contributed by atoms with Gasteiger partial charge in [0.25, 0.3) is 0 Å². The Labute approximate surface area is 106 Å². The molecule has 18 heavy (non-hydrogen) atoms. The second-order valence-corrected chi connectivity index (χ2v) is 4.68. The van der Waals surface area contributed by atoms with Gasteiger partial charge in [-0.1, -0.05) is 0 Å². The van der Waals surface area contributed by atoms with E-state index in [0.717, 1.165) is 25.0 Å². The summed E-state index contributed by atoms with van der Waals surface area (Å²) in [6.07, 6.45) is 5.41. The first kappa shape index (κ1) is 13.0. The summed E-state index contributed by atoms with van der Waals surface area (Å²) in [4.78, 5) is 11.9. The van der Waals surface area contributed by atoms with Crippen LogP contribution in [0.25, 0.3) is 0 Å². The molecule has 100 valence electrons. The van der Waals surface area contributed by atoms with E-state index in [-0.39, 0.29) is 18.1 Å². The Hall–Kier alpha value is -1.40. The molecule has 1 aromatic heterocycles. The largest absolute Gasteiger partial charge is 0.378 e. The van der Waals surface area contributed by atoms with E-state index in [0.29, 0.717) is 0 Å². The van der Waals surface area contributed by atoms with Crippen LogP contribution in [0.4, 0.5) is 0 Å². The zero-order valence-electron chi connectivity index (χ0n) is 10.8. The zero-order valence-corrected chi connectivity index (χ0v) is 10.8. The highest BCUT2D eigenvalue weighted by Crippen LogP contribution is 2.23. The van der Waals surface area contributed by atoms with Gasteiger partial charge in [-0.05, 0) is 19.8 Å². The van der Waals surface area contributed by atoms with Crippen molar-refractivity contribution in [2.45, 2.75) is 38.0 Å². The van der Waals surface area contributed by atoms with E-state index >= 15 is 0 Å². The number of aromatic nitrogens is 2. The molecular formula is C12H20N4O2. The lowest BCUT2D eigenvalue weighted by molar-refractivity contribution is -0.125. The molecule has 1 unspecified atom stereocenters.